The number of rotatable bonds is 18. The number of hydrogen-bond donors (Lipinski definition) is 1. The van der Waals surface area contributed by atoms with Crippen LogP contribution >= 0.6 is 0 Å². The Labute approximate surface area is 174 Å². The second-order valence-electron chi connectivity index (χ2n) is 8.49. The topological polar surface area (TPSA) is 41.5 Å². The molecule has 0 saturated carbocycles. The number of carbonyl (C=O) groups is 1. The number of unbranched alkanes of at least 4 members (excludes halogenated alkanes) is 11. The molecule has 1 rings (SSSR count). The maximum Gasteiger partial charge on any atom is 0.217 e. The fourth-order valence-electron chi connectivity index (χ4n) is 4.34. The molecule has 1 N–H and O–H groups in total. The van der Waals surface area contributed by atoms with E-state index in [1.807, 2.05) is 6.08 Å². The van der Waals surface area contributed by atoms with Gasteiger partial charge in [0.1, 0.15) is 6.54 Å². The van der Waals surface area contributed by atoms with Crippen molar-refractivity contribution in [3.05, 3.63) is 12.7 Å². The molecule has 1 aliphatic rings. The van der Waals surface area contributed by atoms with E-state index in [2.05, 4.69) is 25.0 Å². The normalized spacial score (nSPS) is 21.1. The predicted molar refractivity (Wildman–Crippen MR) is 122 cm³/mol. The number of allylic oxidation sites excluding steroid dienone is 1. The summed E-state index contributed by atoms with van der Waals surface area (Å²) in [4.78, 5) is 15.9. The molecule has 28 heavy (non-hydrogen) atoms. The van der Waals surface area contributed by atoms with Gasteiger partial charge in [0.25, 0.3) is 0 Å². The molecule has 2 atom stereocenters. The quantitative estimate of drug-likeness (QED) is 0.183. The molecule has 0 aliphatic carbocycles. The third-order valence-corrected chi connectivity index (χ3v) is 6.29. The minimum Gasteiger partial charge on any atom is -0.351 e. The number of hydrogen-bond acceptors (Lipinski definition) is 2. The van der Waals surface area contributed by atoms with Crippen molar-refractivity contribution in [1.29, 1.82) is 0 Å². The Hall–Kier alpha value is -1.16. The summed E-state index contributed by atoms with van der Waals surface area (Å²) in [6.07, 6.45) is 22.0. The van der Waals surface area contributed by atoms with Crippen molar-refractivity contribution in [2.24, 2.45) is 4.99 Å². The van der Waals surface area contributed by atoms with Crippen LogP contribution in [0.4, 0.5) is 0 Å². The van der Waals surface area contributed by atoms with E-state index in [1.165, 1.54) is 83.5 Å². The van der Waals surface area contributed by atoms with Crippen LogP contribution in [0.2, 0.25) is 0 Å². The summed E-state index contributed by atoms with van der Waals surface area (Å²) < 4.78 is 1.02. The van der Waals surface area contributed by atoms with Gasteiger partial charge in [0.2, 0.25) is 5.91 Å². The van der Waals surface area contributed by atoms with Gasteiger partial charge in [-0.3, -0.25) is 9.28 Å². The average Bonchev–Trinajstić information content (AvgIpc) is 3.08. The molecule has 4 heteroatoms. The van der Waals surface area contributed by atoms with E-state index in [-0.39, 0.29) is 5.91 Å². The van der Waals surface area contributed by atoms with Gasteiger partial charge < -0.3 is 5.32 Å². The van der Waals surface area contributed by atoms with Crippen LogP contribution in [0.1, 0.15) is 97.3 Å². The molecule has 0 bridgehead atoms. The third kappa shape index (κ3) is 10.4. The second kappa shape index (κ2) is 15.7. The largest absolute Gasteiger partial charge is 0.351 e. The lowest BCUT2D eigenvalue weighted by Gasteiger charge is -2.38. The highest BCUT2D eigenvalue weighted by atomic mass is 16.1. The van der Waals surface area contributed by atoms with Crippen LogP contribution in [0.25, 0.3) is 0 Å². The van der Waals surface area contributed by atoms with Crippen molar-refractivity contribution < 1.29 is 9.28 Å². The molecule has 0 radical (unpaired) electrons. The Bertz CT molecular complexity index is 449. The highest BCUT2D eigenvalue weighted by molar-refractivity contribution is 5.72. The minimum absolute atomic E-state index is 0.0682. The molecule has 4 nitrogen and oxygen atoms in total. The van der Waals surface area contributed by atoms with Crippen molar-refractivity contribution >= 4 is 12.1 Å². The van der Waals surface area contributed by atoms with Crippen molar-refractivity contribution in [3.63, 3.8) is 0 Å². The van der Waals surface area contributed by atoms with Gasteiger partial charge in [-0.2, -0.15) is 0 Å². The lowest BCUT2D eigenvalue weighted by molar-refractivity contribution is -0.935. The van der Waals surface area contributed by atoms with Crippen molar-refractivity contribution in [3.8, 4) is 0 Å². The lowest BCUT2D eigenvalue weighted by atomic mass is 10.0. The van der Waals surface area contributed by atoms with Crippen LogP contribution in [0, 0.1) is 0 Å². The molecule has 0 aromatic rings. The van der Waals surface area contributed by atoms with Crippen LogP contribution in [0.15, 0.2) is 17.6 Å². The number of nitrogens with zero attached hydrogens (tertiary/aromatic N) is 2. The van der Waals surface area contributed by atoms with Gasteiger partial charge in [-0.25, -0.2) is 4.99 Å². The number of likely N-dealkylation sites (N-methyl/N-ethyl adjacent to an activating group) is 1. The summed E-state index contributed by atoms with van der Waals surface area (Å²) in [6.45, 7) is 11.5. The van der Waals surface area contributed by atoms with Crippen molar-refractivity contribution in [2.45, 2.75) is 103 Å². The van der Waals surface area contributed by atoms with Crippen LogP contribution in [0.5, 0.6) is 0 Å². The zero-order chi connectivity index (χ0) is 20.5. The first-order chi connectivity index (χ1) is 13.6. The molecular formula is C24H46N3O+. The Kier molecular flexibility index (Phi) is 14.0. The Morgan fingerprint density at radius 2 is 1.64 bits per heavy atom. The predicted octanol–water partition coefficient (Wildman–Crippen LogP) is 5.63. The first-order valence-electron chi connectivity index (χ1n) is 11.9. The molecule has 2 unspecified atom stereocenters. The molecule has 1 amide bonds. The van der Waals surface area contributed by atoms with E-state index in [1.54, 1.807) is 6.92 Å². The summed E-state index contributed by atoms with van der Waals surface area (Å²) in [6, 6.07) is 0. The maximum absolute atomic E-state index is 11.1. The van der Waals surface area contributed by atoms with E-state index < -0.39 is 0 Å². The molecule has 162 valence electrons. The van der Waals surface area contributed by atoms with Crippen LogP contribution < -0.4 is 5.32 Å². The molecule has 0 saturated heterocycles. The number of amides is 1. The number of quaternary nitrogens is 1. The summed E-state index contributed by atoms with van der Waals surface area (Å²) in [5, 5.41) is 2.96. The Balaban J connectivity index is 2.03. The Morgan fingerprint density at radius 1 is 1.07 bits per heavy atom. The molecule has 0 aromatic carbocycles. The van der Waals surface area contributed by atoms with Gasteiger partial charge in [-0.1, -0.05) is 63.9 Å². The highest BCUT2D eigenvalue weighted by Crippen LogP contribution is 2.24. The minimum atomic E-state index is 0.0682. The van der Waals surface area contributed by atoms with Gasteiger partial charge in [0.15, 0.2) is 6.17 Å². The standard InChI is InChI=1S/C24H45N3O/c1-4-6-7-8-9-10-11-12-13-14-15-16-17-18-24-26-20-22-27(24,5-2)21-19-25-23(3)28/h4,20,24H,1,5-19,21-22H2,2-3H3/p+1. The van der Waals surface area contributed by atoms with Gasteiger partial charge >= 0.3 is 0 Å². The second-order valence-corrected chi connectivity index (χ2v) is 8.49. The molecular weight excluding hydrogens is 346 g/mol. The fourth-order valence-corrected chi connectivity index (χ4v) is 4.34. The molecule has 1 heterocycles. The van der Waals surface area contributed by atoms with E-state index in [0.29, 0.717) is 6.17 Å². The zero-order valence-electron chi connectivity index (χ0n) is 18.8. The van der Waals surface area contributed by atoms with E-state index in [4.69, 9.17) is 4.99 Å². The summed E-state index contributed by atoms with van der Waals surface area (Å²) in [5.41, 5.74) is 0. The molecule has 1 aliphatic heterocycles. The van der Waals surface area contributed by atoms with E-state index >= 15 is 0 Å². The van der Waals surface area contributed by atoms with Gasteiger partial charge in [0, 0.05) is 13.3 Å². The summed E-state index contributed by atoms with van der Waals surface area (Å²) >= 11 is 0. The summed E-state index contributed by atoms with van der Waals surface area (Å²) in [7, 11) is 0. The van der Waals surface area contributed by atoms with Crippen LogP contribution in [-0.4, -0.2) is 48.9 Å². The van der Waals surface area contributed by atoms with E-state index in [0.717, 1.165) is 30.7 Å². The zero-order valence-corrected chi connectivity index (χ0v) is 18.8. The average molecular weight is 393 g/mol. The smallest absolute Gasteiger partial charge is 0.217 e. The number of carbonyl (C=O) groups excluding carboxylic acids is 1. The lowest BCUT2D eigenvalue weighted by Crippen LogP contribution is -2.55. The Morgan fingerprint density at radius 3 is 2.18 bits per heavy atom. The van der Waals surface area contributed by atoms with Gasteiger partial charge in [-0.15, -0.1) is 6.58 Å². The van der Waals surface area contributed by atoms with Crippen LogP contribution in [-0.2, 0) is 4.79 Å². The summed E-state index contributed by atoms with van der Waals surface area (Å²) in [5.74, 6) is 0.0682. The fraction of sp³-hybridized carbons (Fsp3) is 0.833. The van der Waals surface area contributed by atoms with Crippen molar-refractivity contribution in [2.75, 3.05) is 26.2 Å². The first kappa shape index (κ1) is 24.9. The number of aliphatic imine (C=N–C) groups is 1. The van der Waals surface area contributed by atoms with E-state index in [9.17, 15) is 4.79 Å². The molecule has 0 aromatic heterocycles. The highest BCUT2D eigenvalue weighted by Gasteiger charge is 2.37. The maximum atomic E-state index is 11.1. The SMILES string of the molecule is C=CCCCCCCCCCCCCCC1N=CC[N+]1(CC)CCNC(C)=O. The van der Waals surface area contributed by atoms with Gasteiger partial charge in [0.05, 0.1) is 25.8 Å². The van der Waals surface area contributed by atoms with Crippen molar-refractivity contribution in [1.82, 2.24) is 5.32 Å². The first-order valence-corrected chi connectivity index (χ1v) is 11.9. The third-order valence-electron chi connectivity index (χ3n) is 6.29. The van der Waals surface area contributed by atoms with Gasteiger partial charge in [-0.05, 0) is 26.2 Å². The van der Waals surface area contributed by atoms with Crippen LogP contribution in [0.3, 0.4) is 0 Å². The monoisotopic (exact) mass is 392 g/mol. The number of nitrogens with one attached hydrogen (secondary N) is 1. The molecule has 0 spiro atoms. The molecule has 0 fully saturated rings.